The first-order valence-corrected chi connectivity index (χ1v) is 8.49. The van der Waals surface area contributed by atoms with Crippen molar-refractivity contribution in [3.05, 3.63) is 81.9 Å². The van der Waals surface area contributed by atoms with Crippen LogP contribution in [0, 0.1) is 0 Å². The van der Waals surface area contributed by atoms with Crippen molar-refractivity contribution in [2.45, 2.75) is 6.54 Å². The number of halogens is 2. The zero-order valence-electron chi connectivity index (χ0n) is 13.9. The van der Waals surface area contributed by atoms with E-state index in [1.54, 1.807) is 42.6 Å². The Labute approximate surface area is 156 Å². The first-order chi connectivity index (χ1) is 12.0. The van der Waals surface area contributed by atoms with Crippen LogP contribution < -0.4 is 0 Å². The maximum Gasteiger partial charge on any atom is 0.196 e. The van der Waals surface area contributed by atoms with Gasteiger partial charge in [0.1, 0.15) is 5.82 Å². The average Bonchev–Trinajstić information content (AvgIpc) is 3.02. The number of carbonyl (C=O) groups is 1. The maximum absolute atomic E-state index is 13.1. The van der Waals surface area contributed by atoms with Gasteiger partial charge >= 0.3 is 0 Å². The van der Waals surface area contributed by atoms with Crippen molar-refractivity contribution in [3.63, 3.8) is 0 Å². The molecule has 0 aliphatic rings. The van der Waals surface area contributed by atoms with Crippen molar-refractivity contribution < 1.29 is 4.79 Å². The summed E-state index contributed by atoms with van der Waals surface area (Å²) in [4.78, 5) is 19.5. The van der Waals surface area contributed by atoms with Gasteiger partial charge in [0.2, 0.25) is 0 Å². The summed E-state index contributed by atoms with van der Waals surface area (Å²) in [6.45, 7) is 0.648. The molecule has 0 saturated carbocycles. The number of nitrogens with zero attached hydrogens (tertiary/aromatic N) is 3. The lowest BCUT2D eigenvalue weighted by Gasteiger charge is -2.15. The number of carbonyl (C=O) groups excluding carboxylic acids is 1. The molecule has 128 valence electrons. The Bertz CT molecular complexity index is 919. The highest BCUT2D eigenvalue weighted by molar-refractivity contribution is 6.35. The molecule has 0 spiro atoms. The molecular formula is C19H17Cl2N3O. The standard InChI is InChI=1S/C19H17Cl2N3O/c1-23(2)12-18-22-9-10-24(18)17-8-7-13(20)11-15(17)19(25)14-5-3-4-6-16(14)21/h3-11H,12H2,1-2H3. The van der Waals surface area contributed by atoms with E-state index in [1.165, 1.54) is 0 Å². The molecule has 4 nitrogen and oxygen atoms in total. The molecule has 0 aliphatic carbocycles. The second-order valence-electron chi connectivity index (χ2n) is 5.92. The van der Waals surface area contributed by atoms with E-state index >= 15 is 0 Å². The van der Waals surface area contributed by atoms with Gasteiger partial charge in [-0.1, -0.05) is 35.3 Å². The Morgan fingerprint density at radius 1 is 1.12 bits per heavy atom. The van der Waals surface area contributed by atoms with Gasteiger partial charge in [0.05, 0.1) is 17.3 Å². The monoisotopic (exact) mass is 373 g/mol. The van der Waals surface area contributed by atoms with E-state index in [4.69, 9.17) is 23.2 Å². The average molecular weight is 374 g/mol. The minimum Gasteiger partial charge on any atom is -0.302 e. The highest BCUT2D eigenvalue weighted by atomic mass is 35.5. The van der Waals surface area contributed by atoms with E-state index in [-0.39, 0.29) is 5.78 Å². The van der Waals surface area contributed by atoms with Gasteiger partial charge in [-0.15, -0.1) is 0 Å². The summed E-state index contributed by atoms with van der Waals surface area (Å²) >= 11 is 12.4. The van der Waals surface area contributed by atoms with Crippen LogP contribution in [0.5, 0.6) is 0 Å². The molecule has 3 aromatic rings. The molecule has 0 saturated heterocycles. The SMILES string of the molecule is CN(C)Cc1nccn1-c1ccc(Cl)cc1C(=O)c1ccccc1Cl. The molecule has 0 radical (unpaired) electrons. The molecule has 0 fully saturated rings. The van der Waals surface area contributed by atoms with Crippen LogP contribution in [0.25, 0.3) is 5.69 Å². The molecular weight excluding hydrogens is 357 g/mol. The second-order valence-corrected chi connectivity index (χ2v) is 6.77. The van der Waals surface area contributed by atoms with E-state index in [9.17, 15) is 4.79 Å². The van der Waals surface area contributed by atoms with E-state index in [0.717, 1.165) is 11.5 Å². The van der Waals surface area contributed by atoms with Gasteiger partial charge in [0.15, 0.2) is 5.78 Å². The molecule has 0 unspecified atom stereocenters. The van der Waals surface area contributed by atoms with Crippen molar-refractivity contribution in [1.29, 1.82) is 0 Å². The van der Waals surface area contributed by atoms with Gasteiger partial charge < -0.3 is 9.47 Å². The number of aromatic nitrogens is 2. The lowest BCUT2D eigenvalue weighted by Crippen LogP contribution is -2.16. The number of benzene rings is 2. The lowest BCUT2D eigenvalue weighted by atomic mass is 10.0. The molecule has 1 heterocycles. The number of rotatable bonds is 5. The number of hydrogen-bond donors (Lipinski definition) is 0. The minimum atomic E-state index is -0.174. The largest absolute Gasteiger partial charge is 0.302 e. The number of hydrogen-bond acceptors (Lipinski definition) is 3. The van der Waals surface area contributed by atoms with Crippen LogP contribution in [0.1, 0.15) is 21.7 Å². The summed E-state index contributed by atoms with van der Waals surface area (Å²) < 4.78 is 1.90. The molecule has 25 heavy (non-hydrogen) atoms. The van der Waals surface area contributed by atoms with Crippen molar-refractivity contribution >= 4 is 29.0 Å². The molecule has 0 atom stereocenters. The van der Waals surface area contributed by atoms with Crippen molar-refractivity contribution in [2.75, 3.05) is 14.1 Å². The van der Waals surface area contributed by atoms with Crippen LogP contribution in [-0.4, -0.2) is 34.3 Å². The molecule has 0 bridgehead atoms. The second kappa shape index (κ2) is 7.40. The van der Waals surface area contributed by atoms with Crippen LogP contribution in [-0.2, 0) is 6.54 Å². The highest BCUT2D eigenvalue weighted by Crippen LogP contribution is 2.26. The molecule has 0 amide bonds. The van der Waals surface area contributed by atoms with Gasteiger partial charge in [-0.25, -0.2) is 4.98 Å². The molecule has 0 N–H and O–H groups in total. The fourth-order valence-corrected chi connectivity index (χ4v) is 3.04. The third kappa shape index (κ3) is 3.76. The quantitative estimate of drug-likeness (QED) is 0.619. The van der Waals surface area contributed by atoms with Crippen molar-refractivity contribution in [1.82, 2.24) is 14.5 Å². The summed E-state index contributed by atoms with van der Waals surface area (Å²) in [5, 5.41) is 0.908. The number of imidazole rings is 1. The fourth-order valence-electron chi connectivity index (χ4n) is 2.64. The summed E-state index contributed by atoms with van der Waals surface area (Å²) in [5.41, 5.74) is 1.66. The van der Waals surface area contributed by atoms with Gasteiger partial charge in [0, 0.05) is 28.5 Å². The smallest absolute Gasteiger partial charge is 0.196 e. The fraction of sp³-hybridized carbons (Fsp3) is 0.158. The van der Waals surface area contributed by atoms with E-state index < -0.39 is 0 Å². The highest BCUT2D eigenvalue weighted by Gasteiger charge is 2.19. The number of ketones is 1. The molecule has 6 heteroatoms. The van der Waals surface area contributed by atoms with Crippen LogP contribution in [0.4, 0.5) is 0 Å². The van der Waals surface area contributed by atoms with Crippen LogP contribution in [0.3, 0.4) is 0 Å². The van der Waals surface area contributed by atoms with Crippen LogP contribution >= 0.6 is 23.2 Å². The zero-order valence-corrected chi connectivity index (χ0v) is 15.4. The van der Waals surface area contributed by atoms with Crippen LogP contribution in [0.15, 0.2) is 54.9 Å². The maximum atomic E-state index is 13.1. The summed E-state index contributed by atoms with van der Waals surface area (Å²) in [6, 6.07) is 12.3. The Hall–Kier alpha value is -2.14. The summed E-state index contributed by atoms with van der Waals surface area (Å²) in [7, 11) is 3.94. The van der Waals surface area contributed by atoms with Crippen molar-refractivity contribution in [2.24, 2.45) is 0 Å². The van der Waals surface area contributed by atoms with E-state index in [0.29, 0.717) is 27.7 Å². The van der Waals surface area contributed by atoms with E-state index in [1.807, 2.05) is 35.8 Å². The molecule has 1 aromatic heterocycles. The summed E-state index contributed by atoms with van der Waals surface area (Å²) in [6.07, 6.45) is 3.56. The topological polar surface area (TPSA) is 38.1 Å². The normalized spacial score (nSPS) is 11.1. The van der Waals surface area contributed by atoms with Crippen molar-refractivity contribution in [3.8, 4) is 5.69 Å². The zero-order chi connectivity index (χ0) is 18.0. The minimum absolute atomic E-state index is 0.174. The molecule has 0 aliphatic heterocycles. The third-order valence-corrected chi connectivity index (χ3v) is 4.32. The van der Waals surface area contributed by atoms with Gasteiger partial charge in [-0.3, -0.25) is 4.79 Å². The Morgan fingerprint density at radius 3 is 2.60 bits per heavy atom. The van der Waals surface area contributed by atoms with Gasteiger partial charge in [0.25, 0.3) is 0 Å². The predicted octanol–water partition coefficient (Wildman–Crippen LogP) is 4.47. The first kappa shape index (κ1) is 17.7. The van der Waals surface area contributed by atoms with Gasteiger partial charge in [-0.2, -0.15) is 0 Å². The summed E-state index contributed by atoms with van der Waals surface area (Å²) in [5.74, 6) is 0.660. The first-order valence-electron chi connectivity index (χ1n) is 7.73. The molecule has 3 rings (SSSR count). The Kier molecular flexibility index (Phi) is 5.23. The van der Waals surface area contributed by atoms with Crippen LogP contribution in [0.2, 0.25) is 10.0 Å². The lowest BCUT2D eigenvalue weighted by molar-refractivity contribution is 0.103. The Balaban J connectivity index is 2.13. The third-order valence-electron chi connectivity index (χ3n) is 3.76. The molecule has 2 aromatic carbocycles. The van der Waals surface area contributed by atoms with Gasteiger partial charge in [-0.05, 0) is 44.4 Å². The Morgan fingerprint density at radius 2 is 1.88 bits per heavy atom. The predicted molar refractivity (Wildman–Crippen MR) is 101 cm³/mol. The van der Waals surface area contributed by atoms with E-state index in [2.05, 4.69) is 4.98 Å².